The smallest absolute Gasteiger partial charge is 0.262 e. The van der Waals surface area contributed by atoms with Crippen LogP contribution in [0.5, 0.6) is 5.75 Å². The highest BCUT2D eigenvalue weighted by atomic mass is 35.5. The van der Waals surface area contributed by atoms with Gasteiger partial charge in [0.05, 0.1) is 19.3 Å². The molecule has 3 aromatic rings. The minimum Gasteiger partial charge on any atom is -0.495 e. The zero-order valence-electron chi connectivity index (χ0n) is 16.5. The predicted molar refractivity (Wildman–Crippen MR) is 111 cm³/mol. The average molecular weight is 436 g/mol. The molecule has 0 spiro atoms. The fraction of sp³-hybridized carbons (Fsp3) is 0.250. The van der Waals surface area contributed by atoms with Crippen molar-refractivity contribution in [3.8, 4) is 17.1 Å². The number of amides is 1. The Morgan fingerprint density at radius 3 is 2.57 bits per heavy atom. The number of carbonyl (C=O) groups is 1. The van der Waals surface area contributed by atoms with Gasteiger partial charge >= 0.3 is 0 Å². The largest absolute Gasteiger partial charge is 0.495 e. The third-order valence-electron chi connectivity index (χ3n) is 4.14. The van der Waals surface area contributed by atoms with Gasteiger partial charge in [0.15, 0.2) is 5.82 Å². The number of alkyl halides is 2. The molecule has 0 atom stereocenters. The quantitative estimate of drug-likeness (QED) is 0.579. The van der Waals surface area contributed by atoms with E-state index in [0.717, 1.165) is 6.92 Å². The van der Waals surface area contributed by atoms with Gasteiger partial charge < -0.3 is 15.4 Å². The number of ether oxygens (including phenoxy) is 1. The molecule has 0 radical (unpaired) electrons. The van der Waals surface area contributed by atoms with Crippen molar-refractivity contribution >= 4 is 29.1 Å². The van der Waals surface area contributed by atoms with E-state index in [4.69, 9.17) is 16.3 Å². The van der Waals surface area contributed by atoms with Gasteiger partial charge in [-0.1, -0.05) is 23.7 Å². The Morgan fingerprint density at radius 2 is 1.93 bits per heavy atom. The lowest BCUT2D eigenvalue weighted by Crippen LogP contribution is -2.34. The number of aromatic nitrogens is 3. The SMILES string of the molecule is COc1cc(Cl)ccc1Nc1nc(-c2ccc(C(=O)NCC(C)(F)F)cc2)nn1C. The zero-order chi connectivity index (χ0) is 21.9. The van der Waals surface area contributed by atoms with Crippen LogP contribution in [0.25, 0.3) is 11.4 Å². The molecular weight excluding hydrogens is 416 g/mol. The van der Waals surface area contributed by atoms with Crippen molar-refractivity contribution in [3.63, 3.8) is 0 Å². The van der Waals surface area contributed by atoms with Crippen LogP contribution in [0.15, 0.2) is 42.5 Å². The summed E-state index contributed by atoms with van der Waals surface area (Å²) >= 11 is 5.98. The van der Waals surface area contributed by atoms with Crippen molar-refractivity contribution in [1.29, 1.82) is 0 Å². The molecule has 30 heavy (non-hydrogen) atoms. The number of halogens is 3. The molecule has 0 unspecified atom stereocenters. The molecule has 0 bridgehead atoms. The third kappa shape index (κ3) is 5.24. The summed E-state index contributed by atoms with van der Waals surface area (Å²) in [4.78, 5) is 16.4. The first kappa shape index (κ1) is 21.5. The minimum atomic E-state index is -2.97. The topological polar surface area (TPSA) is 81.1 Å². The number of hydrogen-bond donors (Lipinski definition) is 2. The fourth-order valence-corrected chi connectivity index (χ4v) is 2.77. The first-order chi connectivity index (χ1) is 14.2. The van der Waals surface area contributed by atoms with Gasteiger partial charge in [-0.2, -0.15) is 4.98 Å². The van der Waals surface area contributed by atoms with E-state index in [1.165, 1.54) is 19.2 Å². The van der Waals surface area contributed by atoms with Gasteiger partial charge in [0.1, 0.15) is 5.75 Å². The number of carbonyl (C=O) groups excluding carboxylic acids is 1. The highest BCUT2D eigenvalue weighted by Gasteiger charge is 2.22. The number of rotatable bonds is 7. The van der Waals surface area contributed by atoms with E-state index in [0.29, 0.717) is 33.8 Å². The van der Waals surface area contributed by atoms with Gasteiger partial charge in [0.25, 0.3) is 11.8 Å². The molecule has 0 fully saturated rings. The van der Waals surface area contributed by atoms with Crippen LogP contribution in [0.4, 0.5) is 20.4 Å². The maximum Gasteiger partial charge on any atom is 0.262 e. The number of methoxy groups -OCH3 is 1. The molecular formula is C20H20ClF2N5O2. The number of hydrogen-bond acceptors (Lipinski definition) is 5. The van der Waals surface area contributed by atoms with Gasteiger partial charge in [-0.25, -0.2) is 13.5 Å². The summed E-state index contributed by atoms with van der Waals surface area (Å²) in [6.45, 7) is 0.0208. The summed E-state index contributed by atoms with van der Waals surface area (Å²) in [6, 6.07) is 11.5. The van der Waals surface area contributed by atoms with Crippen LogP contribution in [0.1, 0.15) is 17.3 Å². The van der Waals surface area contributed by atoms with Crippen LogP contribution in [-0.2, 0) is 7.05 Å². The monoisotopic (exact) mass is 435 g/mol. The number of benzene rings is 2. The summed E-state index contributed by atoms with van der Waals surface area (Å²) in [6.07, 6.45) is 0. The Hall–Kier alpha value is -3.20. The number of nitrogens with one attached hydrogen (secondary N) is 2. The number of anilines is 2. The molecule has 0 saturated heterocycles. The second-order valence-electron chi connectivity index (χ2n) is 6.68. The lowest BCUT2D eigenvalue weighted by molar-refractivity contribution is 0.0221. The summed E-state index contributed by atoms with van der Waals surface area (Å²) < 4.78 is 32.7. The van der Waals surface area contributed by atoms with Crippen molar-refractivity contribution in [1.82, 2.24) is 20.1 Å². The first-order valence-electron chi connectivity index (χ1n) is 8.94. The summed E-state index contributed by atoms with van der Waals surface area (Å²) in [5, 5.41) is 10.3. The average Bonchev–Trinajstić information content (AvgIpc) is 3.07. The van der Waals surface area contributed by atoms with Crippen LogP contribution < -0.4 is 15.4 Å². The molecule has 7 nitrogen and oxygen atoms in total. The van der Waals surface area contributed by atoms with Crippen molar-refractivity contribution in [2.45, 2.75) is 12.8 Å². The van der Waals surface area contributed by atoms with Crippen LogP contribution in [-0.4, -0.2) is 40.2 Å². The molecule has 0 aliphatic heterocycles. The fourth-order valence-electron chi connectivity index (χ4n) is 2.61. The van der Waals surface area contributed by atoms with Crippen molar-refractivity contribution in [2.24, 2.45) is 7.05 Å². The Balaban J connectivity index is 1.76. The number of nitrogens with zero attached hydrogens (tertiary/aromatic N) is 3. The second kappa shape index (κ2) is 8.66. The molecule has 1 aromatic heterocycles. The van der Waals surface area contributed by atoms with Crippen molar-refractivity contribution in [2.75, 3.05) is 19.0 Å². The van der Waals surface area contributed by atoms with E-state index >= 15 is 0 Å². The van der Waals surface area contributed by atoms with Gasteiger partial charge in [0, 0.05) is 36.2 Å². The summed E-state index contributed by atoms with van der Waals surface area (Å²) in [5.74, 6) is -2.09. The lowest BCUT2D eigenvalue weighted by atomic mass is 10.1. The van der Waals surface area contributed by atoms with Crippen molar-refractivity contribution < 1.29 is 18.3 Å². The van der Waals surface area contributed by atoms with Crippen molar-refractivity contribution in [3.05, 3.63) is 53.1 Å². The zero-order valence-corrected chi connectivity index (χ0v) is 17.3. The normalized spacial score (nSPS) is 11.3. The molecule has 2 N–H and O–H groups in total. The highest BCUT2D eigenvalue weighted by Crippen LogP contribution is 2.30. The Kier molecular flexibility index (Phi) is 6.21. The highest BCUT2D eigenvalue weighted by molar-refractivity contribution is 6.30. The van der Waals surface area contributed by atoms with Gasteiger partial charge in [0.2, 0.25) is 5.95 Å². The molecule has 0 aliphatic carbocycles. The molecule has 10 heteroatoms. The molecule has 2 aromatic carbocycles. The van der Waals surface area contributed by atoms with Gasteiger partial charge in [-0.3, -0.25) is 4.79 Å². The first-order valence-corrected chi connectivity index (χ1v) is 9.32. The lowest BCUT2D eigenvalue weighted by Gasteiger charge is -2.11. The van der Waals surface area contributed by atoms with E-state index in [-0.39, 0.29) is 5.56 Å². The predicted octanol–water partition coefficient (Wildman–Crippen LogP) is 4.27. The van der Waals surface area contributed by atoms with Crippen LogP contribution in [0, 0.1) is 0 Å². The van der Waals surface area contributed by atoms with Crippen LogP contribution in [0.3, 0.4) is 0 Å². The molecule has 3 rings (SSSR count). The van der Waals surface area contributed by atoms with Gasteiger partial charge in [-0.15, -0.1) is 5.10 Å². The van der Waals surface area contributed by atoms with E-state index in [2.05, 4.69) is 20.7 Å². The standard InChI is InChI=1S/C20H20ClF2N5O2/c1-20(22,23)11-24-18(29)13-6-4-12(5-7-13)17-26-19(28(2)27-17)25-15-9-8-14(21)10-16(15)30-3/h4-10H,11H2,1-3H3,(H,24,29)(H,25,26,27). The molecule has 158 valence electrons. The minimum absolute atomic E-state index is 0.267. The Bertz CT molecular complexity index is 1050. The molecule has 0 saturated carbocycles. The maximum absolute atomic E-state index is 12.9. The van der Waals surface area contributed by atoms with E-state index in [9.17, 15) is 13.6 Å². The molecule has 0 aliphatic rings. The third-order valence-corrected chi connectivity index (χ3v) is 4.37. The van der Waals surface area contributed by atoms with E-state index < -0.39 is 18.4 Å². The molecule has 1 heterocycles. The Labute approximate surface area is 177 Å². The maximum atomic E-state index is 12.9. The second-order valence-corrected chi connectivity index (χ2v) is 7.12. The summed E-state index contributed by atoms with van der Waals surface area (Å²) in [7, 11) is 3.27. The van der Waals surface area contributed by atoms with Gasteiger partial charge in [-0.05, 0) is 24.3 Å². The van der Waals surface area contributed by atoms with Crippen LogP contribution >= 0.6 is 11.6 Å². The summed E-state index contributed by atoms with van der Waals surface area (Å²) in [5.41, 5.74) is 1.60. The number of aryl methyl sites for hydroxylation is 1. The van der Waals surface area contributed by atoms with Crippen LogP contribution in [0.2, 0.25) is 5.02 Å². The van der Waals surface area contributed by atoms with E-state index in [1.807, 2.05) is 0 Å². The Morgan fingerprint density at radius 1 is 1.23 bits per heavy atom. The molecule has 1 amide bonds. The van der Waals surface area contributed by atoms with E-state index in [1.54, 1.807) is 42.1 Å².